The van der Waals surface area contributed by atoms with Crippen molar-refractivity contribution in [2.24, 2.45) is 0 Å². The molecule has 2 rings (SSSR count). The van der Waals surface area contributed by atoms with Gasteiger partial charge in [-0.3, -0.25) is 0 Å². The second-order valence-corrected chi connectivity index (χ2v) is 3.94. The molecule has 0 radical (unpaired) electrons. The van der Waals surface area contributed by atoms with Gasteiger partial charge in [-0.1, -0.05) is 19.1 Å². The number of hydrogen-bond donors (Lipinski definition) is 2. The first kappa shape index (κ1) is 10.5. The first-order valence-electron chi connectivity index (χ1n) is 5.10. The minimum absolute atomic E-state index is 0.214. The van der Waals surface area contributed by atoms with Crippen molar-refractivity contribution in [1.82, 2.24) is 15.0 Å². The fourth-order valence-electron chi connectivity index (χ4n) is 1.50. The summed E-state index contributed by atoms with van der Waals surface area (Å²) in [4.78, 5) is 0. The van der Waals surface area contributed by atoms with Gasteiger partial charge in [-0.25, -0.2) is 0 Å². The summed E-state index contributed by atoms with van der Waals surface area (Å²) in [5, 5.41) is 17.2. The number of aromatic nitrogens is 3. The summed E-state index contributed by atoms with van der Waals surface area (Å²) >= 11 is 0. The Morgan fingerprint density at radius 2 is 1.88 bits per heavy atom. The number of anilines is 1. The van der Waals surface area contributed by atoms with Gasteiger partial charge in [0.1, 0.15) is 11.4 Å². The molecule has 1 aromatic heterocycles. The van der Waals surface area contributed by atoms with Crippen LogP contribution in [-0.2, 0) is 0 Å². The predicted octanol–water partition coefficient (Wildman–Crippen LogP) is 1.68. The Balaban J connectivity index is 2.45. The van der Waals surface area contributed by atoms with Crippen molar-refractivity contribution in [1.29, 1.82) is 0 Å². The number of nitrogens with zero attached hydrogens (tertiary/aromatic N) is 3. The lowest BCUT2D eigenvalue weighted by Gasteiger charge is -2.04. The van der Waals surface area contributed by atoms with Gasteiger partial charge in [0.2, 0.25) is 0 Å². The van der Waals surface area contributed by atoms with E-state index in [9.17, 15) is 5.11 Å². The van der Waals surface area contributed by atoms with E-state index in [0.717, 1.165) is 11.4 Å². The lowest BCUT2D eigenvalue weighted by atomic mass is 10.1. The second kappa shape index (κ2) is 3.84. The normalized spacial score (nSPS) is 10.9. The fraction of sp³-hybridized carbons (Fsp3) is 0.273. The molecule has 0 fully saturated rings. The maximum Gasteiger partial charge on any atom is 0.151 e. The second-order valence-electron chi connectivity index (χ2n) is 3.94. The van der Waals surface area contributed by atoms with Crippen molar-refractivity contribution >= 4 is 5.82 Å². The summed E-state index contributed by atoms with van der Waals surface area (Å²) in [5.41, 5.74) is 7.52. The topological polar surface area (TPSA) is 77.0 Å². The molecule has 16 heavy (non-hydrogen) atoms. The van der Waals surface area contributed by atoms with E-state index in [2.05, 4.69) is 10.3 Å². The van der Waals surface area contributed by atoms with E-state index in [1.54, 1.807) is 28.9 Å². The average molecular weight is 218 g/mol. The molecular formula is C11H14N4O. The molecule has 2 aromatic rings. The minimum Gasteiger partial charge on any atom is -0.508 e. The maximum absolute atomic E-state index is 9.19. The van der Waals surface area contributed by atoms with Crippen LogP contribution in [0.5, 0.6) is 5.75 Å². The van der Waals surface area contributed by atoms with E-state index in [0.29, 0.717) is 5.82 Å². The molecule has 0 aliphatic heterocycles. The molecule has 0 aliphatic rings. The Morgan fingerprint density at radius 1 is 1.25 bits per heavy atom. The highest BCUT2D eigenvalue weighted by atomic mass is 16.3. The number of rotatable bonds is 2. The number of aromatic hydroxyl groups is 1. The van der Waals surface area contributed by atoms with Gasteiger partial charge >= 0.3 is 0 Å². The van der Waals surface area contributed by atoms with E-state index in [4.69, 9.17) is 5.73 Å². The summed E-state index contributed by atoms with van der Waals surface area (Å²) in [6.07, 6.45) is 0. The van der Waals surface area contributed by atoms with Gasteiger partial charge in [-0.15, -0.1) is 5.10 Å². The molecule has 0 saturated carbocycles. The van der Waals surface area contributed by atoms with E-state index in [-0.39, 0.29) is 11.7 Å². The van der Waals surface area contributed by atoms with Crippen LogP contribution in [0.3, 0.4) is 0 Å². The molecule has 0 spiro atoms. The van der Waals surface area contributed by atoms with Gasteiger partial charge in [-0.05, 0) is 24.3 Å². The largest absolute Gasteiger partial charge is 0.508 e. The van der Waals surface area contributed by atoms with E-state index in [1.165, 1.54) is 0 Å². The van der Waals surface area contributed by atoms with Crippen LogP contribution in [0, 0.1) is 0 Å². The highest BCUT2D eigenvalue weighted by Gasteiger charge is 2.13. The molecule has 0 unspecified atom stereocenters. The molecular weight excluding hydrogens is 204 g/mol. The lowest BCUT2D eigenvalue weighted by molar-refractivity contribution is 0.475. The Bertz CT molecular complexity index is 487. The number of nitrogens with two attached hydrogens (primary N) is 1. The molecule has 1 aromatic carbocycles. The van der Waals surface area contributed by atoms with E-state index < -0.39 is 0 Å². The molecule has 5 heteroatoms. The third-order valence-electron chi connectivity index (χ3n) is 2.37. The number of hydrogen-bond acceptors (Lipinski definition) is 4. The van der Waals surface area contributed by atoms with Crippen LogP contribution in [0.1, 0.15) is 25.5 Å². The van der Waals surface area contributed by atoms with Crippen LogP contribution >= 0.6 is 0 Å². The number of phenolic OH excluding ortho intramolecular Hbond substituents is 1. The molecule has 0 saturated heterocycles. The molecule has 1 heterocycles. The van der Waals surface area contributed by atoms with Crippen LogP contribution in [0.2, 0.25) is 0 Å². The van der Waals surface area contributed by atoms with Crippen LogP contribution < -0.4 is 5.73 Å². The summed E-state index contributed by atoms with van der Waals surface area (Å²) in [7, 11) is 0. The summed E-state index contributed by atoms with van der Waals surface area (Å²) in [5.74, 6) is 0.998. The molecule has 0 atom stereocenters. The summed E-state index contributed by atoms with van der Waals surface area (Å²) < 4.78 is 1.56. The standard InChI is InChI=1S/C11H14N4O/c1-7(2)10-11(12)15(14-13-10)8-3-5-9(16)6-4-8/h3-7,16H,12H2,1-2H3. The highest BCUT2D eigenvalue weighted by molar-refractivity contribution is 5.46. The minimum atomic E-state index is 0.214. The molecule has 0 aliphatic carbocycles. The Labute approximate surface area is 93.5 Å². The fourth-order valence-corrected chi connectivity index (χ4v) is 1.50. The van der Waals surface area contributed by atoms with Gasteiger partial charge in [0.25, 0.3) is 0 Å². The van der Waals surface area contributed by atoms with Gasteiger partial charge in [-0.2, -0.15) is 4.68 Å². The van der Waals surface area contributed by atoms with E-state index in [1.807, 2.05) is 13.8 Å². The van der Waals surface area contributed by atoms with Gasteiger partial charge < -0.3 is 10.8 Å². The van der Waals surface area contributed by atoms with Crippen molar-refractivity contribution in [3.05, 3.63) is 30.0 Å². The SMILES string of the molecule is CC(C)c1nnn(-c2ccc(O)cc2)c1N. The summed E-state index contributed by atoms with van der Waals surface area (Å²) in [6.45, 7) is 4.03. The lowest BCUT2D eigenvalue weighted by Crippen LogP contribution is -2.03. The third-order valence-corrected chi connectivity index (χ3v) is 2.37. The molecule has 84 valence electrons. The molecule has 0 bridgehead atoms. The predicted molar refractivity (Wildman–Crippen MR) is 61.5 cm³/mol. The van der Waals surface area contributed by atoms with Crippen molar-refractivity contribution < 1.29 is 5.11 Å². The van der Waals surface area contributed by atoms with Gasteiger partial charge in [0.05, 0.1) is 5.69 Å². The molecule has 5 nitrogen and oxygen atoms in total. The Kier molecular flexibility index (Phi) is 2.52. The van der Waals surface area contributed by atoms with Crippen molar-refractivity contribution in [2.45, 2.75) is 19.8 Å². The highest BCUT2D eigenvalue weighted by Crippen LogP contribution is 2.22. The zero-order valence-electron chi connectivity index (χ0n) is 9.25. The van der Waals surface area contributed by atoms with Crippen LogP contribution in [0.25, 0.3) is 5.69 Å². The van der Waals surface area contributed by atoms with Crippen LogP contribution in [0.15, 0.2) is 24.3 Å². The van der Waals surface area contributed by atoms with E-state index >= 15 is 0 Å². The van der Waals surface area contributed by atoms with Crippen LogP contribution in [-0.4, -0.2) is 20.1 Å². The first-order chi connectivity index (χ1) is 7.59. The number of phenols is 1. The number of nitrogen functional groups attached to an aromatic ring is 1. The number of benzene rings is 1. The molecule has 3 N–H and O–H groups in total. The third kappa shape index (κ3) is 1.71. The van der Waals surface area contributed by atoms with Crippen molar-refractivity contribution in [3.8, 4) is 11.4 Å². The quantitative estimate of drug-likeness (QED) is 0.804. The van der Waals surface area contributed by atoms with Crippen LogP contribution in [0.4, 0.5) is 5.82 Å². The first-order valence-corrected chi connectivity index (χ1v) is 5.10. The van der Waals surface area contributed by atoms with Gasteiger partial charge in [0.15, 0.2) is 5.82 Å². The average Bonchev–Trinajstić information content (AvgIpc) is 2.61. The zero-order chi connectivity index (χ0) is 11.7. The summed E-state index contributed by atoms with van der Waals surface area (Å²) in [6, 6.07) is 6.66. The Hall–Kier alpha value is -2.04. The zero-order valence-corrected chi connectivity index (χ0v) is 9.25. The monoisotopic (exact) mass is 218 g/mol. The Morgan fingerprint density at radius 3 is 2.38 bits per heavy atom. The van der Waals surface area contributed by atoms with Crippen molar-refractivity contribution in [2.75, 3.05) is 5.73 Å². The maximum atomic E-state index is 9.19. The van der Waals surface area contributed by atoms with Gasteiger partial charge in [0, 0.05) is 5.92 Å². The molecule has 0 amide bonds. The van der Waals surface area contributed by atoms with Crippen molar-refractivity contribution in [3.63, 3.8) is 0 Å². The smallest absolute Gasteiger partial charge is 0.151 e.